The minimum absolute atomic E-state index is 0.167. The summed E-state index contributed by atoms with van der Waals surface area (Å²) in [6, 6.07) is 8.35. The first-order chi connectivity index (χ1) is 9.17. The second-order valence-corrected chi connectivity index (χ2v) is 4.92. The van der Waals surface area contributed by atoms with Crippen molar-refractivity contribution in [1.82, 2.24) is 5.32 Å². The van der Waals surface area contributed by atoms with Gasteiger partial charge in [0.2, 0.25) is 0 Å². The van der Waals surface area contributed by atoms with Crippen molar-refractivity contribution >= 4 is 0 Å². The normalized spacial score (nSPS) is 13.9. The summed E-state index contributed by atoms with van der Waals surface area (Å²) in [4.78, 5) is 0. The van der Waals surface area contributed by atoms with Gasteiger partial charge in [0.25, 0.3) is 0 Å². The largest absolute Gasteiger partial charge is 0.490 e. The van der Waals surface area contributed by atoms with Gasteiger partial charge in [-0.15, -0.1) is 0 Å². The van der Waals surface area contributed by atoms with Crippen molar-refractivity contribution in [3.63, 3.8) is 0 Å². The second kappa shape index (κ2) is 8.81. The highest BCUT2D eigenvalue weighted by Gasteiger charge is 2.12. The van der Waals surface area contributed by atoms with Gasteiger partial charge in [-0.3, -0.25) is 0 Å². The van der Waals surface area contributed by atoms with Crippen LogP contribution in [0.5, 0.6) is 11.5 Å². The highest BCUT2D eigenvalue weighted by molar-refractivity contribution is 5.39. The van der Waals surface area contributed by atoms with E-state index in [0.29, 0.717) is 6.04 Å². The van der Waals surface area contributed by atoms with Crippen LogP contribution in [0, 0.1) is 0 Å². The Hall–Kier alpha value is -1.22. The number of para-hydroxylation sites is 2. The van der Waals surface area contributed by atoms with Crippen LogP contribution in [-0.2, 0) is 0 Å². The molecule has 19 heavy (non-hydrogen) atoms. The third-order valence-electron chi connectivity index (χ3n) is 2.88. The molecule has 1 aromatic rings. The van der Waals surface area contributed by atoms with Crippen LogP contribution in [0.15, 0.2) is 24.3 Å². The van der Waals surface area contributed by atoms with E-state index in [-0.39, 0.29) is 6.10 Å². The van der Waals surface area contributed by atoms with E-state index in [9.17, 15) is 0 Å². The molecule has 3 nitrogen and oxygen atoms in total. The number of hydrogen-bond acceptors (Lipinski definition) is 3. The maximum atomic E-state index is 5.99. The molecular weight excluding hydrogens is 238 g/mol. The highest BCUT2D eigenvalue weighted by atomic mass is 16.5. The minimum Gasteiger partial charge on any atom is -0.490 e. The van der Waals surface area contributed by atoms with Crippen LogP contribution in [-0.4, -0.2) is 25.3 Å². The Morgan fingerprint density at radius 2 is 1.79 bits per heavy atom. The summed E-state index contributed by atoms with van der Waals surface area (Å²) < 4.78 is 11.7. The lowest BCUT2D eigenvalue weighted by atomic mass is 10.1. The average Bonchev–Trinajstić information content (AvgIpc) is 2.37. The zero-order chi connectivity index (χ0) is 14.1. The lowest BCUT2D eigenvalue weighted by Gasteiger charge is -2.21. The minimum atomic E-state index is 0.167. The monoisotopic (exact) mass is 265 g/mol. The molecule has 0 heterocycles. The number of ether oxygens (including phenoxy) is 2. The van der Waals surface area contributed by atoms with Gasteiger partial charge in [0.1, 0.15) is 0 Å². The molecule has 0 aliphatic carbocycles. The molecule has 2 unspecified atom stereocenters. The van der Waals surface area contributed by atoms with E-state index in [0.717, 1.165) is 37.5 Å². The maximum absolute atomic E-state index is 5.99. The quantitative estimate of drug-likeness (QED) is 0.739. The Bertz CT molecular complexity index is 354. The van der Waals surface area contributed by atoms with Gasteiger partial charge in [0.15, 0.2) is 11.5 Å². The predicted octanol–water partition coefficient (Wildman–Crippen LogP) is 3.63. The zero-order valence-electron chi connectivity index (χ0n) is 12.6. The standard InChI is InChI=1S/C16H27NO2/c1-5-11-18-15-9-7-8-10-16(15)19-14(4)12-13(3)17-6-2/h7-10,13-14,17H,5-6,11-12H2,1-4H3. The van der Waals surface area contributed by atoms with Gasteiger partial charge < -0.3 is 14.8 Å². The van der Waals surface area contributed by atoms with E-state index >= 15 is 0 Å². The fourth-order valence-electron chi connectivity index (χ4n) is 2.07. The molecule has 0 spiro atoms. The van der Waals surface area contributed by atoms with Gasteiger partial charge in [0, 0.05) is 6.04 Å². The van der Waals surface area contributed by atoms with E-state index in [4.69, 9.17) is 9.47 Å². The molecule has 0 radical (unpaired) electrons. The van der Waals surface area contributed by atoms with Crippen molar-refractivity contribution in [2.24, 2.45) is 0 Å². The summed E-state index contributed by atoms with van der Waals surface area (Å²) in [6.45, 7) is 10.2. The van der Waals surface area contributed by atoms with Crippen molar-refractivity contribution in [3.05, 3.63) is 24.3 Å². The van der Waals surface area contributed by atoms with E-state index in [2.05, 4.69) is 33.0 Å². The van der Waals surface area contributed by atoms with Gasteiger partial charge in [-0.05, 0) is 45.4 Å². The Kier molecular flexibility index (Phi) is 7.34. The molecule has 0 aliphatic rings. The molecule has 0 fully saturated rings. The molecule has 108 valence electrons. The van der Waals surface area contributed by atoms with Crippen LogP contribution in [0.3, 0.4) is 0 Å². The summed E-state index contributed by atoms with van der Waals surface area (Å²) in [6.07, 6.45) is 2.15. The number of benzene rings is 1. The van der Waals surface area contributed by atoms with E-state index in [1.54, 1.807) is 0 Å². The van der Waals surface area contributed by atoms with Gasteiger partial charge in [-0.25, -0.2) is 0 Å². The third-order valence-corrected chi connectivity index (χ3v) is 2.88. The molecule has 2 atom stereocenters. The molecule has 1 rings (SSSR count). The molecule has 0 aliphatic heterocycles. The van der Waals surface area contributed by atoms with Crippen molar-refractivity contribution in [3.8, 4) is 11.5 Å². The van der Waals surface area contributed by atoms with Crippen molar-refractivity contribution in [2.75, 3.05) is 13.2 Å². The summed E-state index contributed by atoms with van der Waals surface area (Å²) in [7, 11) is 0. The number of rotatable bonds is 9. The Balaban J connectivity index is 2.55. The van der Waals surface area contributed by atoms with Gasteiger partial charge in [0.05, 0.1) is 12.7 Å². The topological polar surface area (TPSA) is 30.5 Å². The van der Waals surface area contributed by atoms with Crippen LogP contribution in [0.25, 0.3) is 0 Å². The Morgan fingerprint density at radius 3 is 2.42 bits per heavy atom. The molecule has 0 aromatic heterocycles. The molecule has 0 saturated carbocycles. The SMILES string of the molecule is CCCOc1ccccc1OC(C)CC(C)NCC. The van der Waals surface area contributed by atoms with Gasteiger partial charge in [-0.1, -0.05) is 26.0 Å². The first-order valence-corrected chi connectivity index (χ1v) is 7.29. The average molecular weight is 265 g/mol. The lowest BCUT2D eigenvalue weighted by Crippen LogP contribution is -2.30. The fraction of sp³-hybridized carbons (Fsp3) is 0.625. The molecule has 1 N–H and O–H groups in total. The van der Waals surface area contributed by atoms with Crippen LogP contribution in [0.1, 0.15) is 40.5 Å². The summed E-state index contributed by atoms with van der Waals surface area (Å²) in [5.74, 6) is 1.68. The maximum Gasteiger partial charge on any atom is 0.161 e. The van der Waals surface area contributed by atoms with Crippen LogP contribution in [0.2, 0.25) is 0 Å². The molecule has 0 saturated heterocycles. The Morgan fingerprint density at radius 1 is 1.11 bits per heavy atom. The molecule has 0 bridgehead atoms. The van der Waals surface area contributed by atoms with Crippen LogP contribution < -0.4 is 14.8 Å². The van der Waals surface area contributed by atoms with Crippen LogP contribution in [0.4, 0.5) is 0 Å². The highest BCUT2D eigenvalue weighted by Crippen LogP contribution is 2.28. The first kappa shape index (κ1) is 15.8. The molecule has 1 aromatic carbocycles. The molecular formula is C16H27NO2. The van der Waals surface area contributed by atoms with Crippen molar-refractivity contribution in [2.45, 2.75) is 52.7 Å². The van der Waals surface area contributed by atoms with E-state index in [1.165, 1.54) is 0 Å². The summed E-state index contributed by atoms with van der Waals surface area (Å²) in [5.41, 5.74) is 0. The van der Waals surface area contributed by atoms with Crippen molar-refractivity contribution in [1.29, 1.82) is 0 Å². The van der Waals surface area contributed by atoms with Gasteiger partial charge in [-0.2, -0.15) is 0 Å². The molecule has 0 amide bonds. The smallest absolute Gasteiger partial charge is 0.161 e. The van der Waals surface area contributed by atoms with E-state index in [1.807, 2.05) is 24.3 Å². The summed E-state index contributed by atoms with van der Waals surface area (Å²) >= 11 is 0. The van der Waals surface area contributed by atoms with Crippen LogP contribution >= 0.6 is 0 Å². The number of nitrogens with one attached hydrogen (secondary N) is 1. The molecule has 3 heteroatoms. The fourth-order valence-corrected chi connectivity index (χ4v) is 2.07. The zero-order valence-corrected chi connectivity index (χ0v) is 12.6. The van der Waals surface area contributed by atoms with Crippen molar-refractivity contribution < 1.29 is 9.47 Å². The van der Waals surface area contributed by atoms with Gasteiger partial charge >= 0.3 is 0 Å². The third kappa shape index (κ3) is 5.97. The predicted molar refractivity (Wildman–Crippen MR) is 80.1 cm³/mol. The Labute approximate surface area is 117 Å². The second-order valence-electron chi connectivity index (χ2n) is 4.92. The first-order valence-electron chi connectivity index (χ1n) is 7.29. The summed E-state index contributed by atoms with van der Waals surface area (Å²) in [5, 5.41) is 3.40. The lowest BCUT2D eigenvalue weighted by molar-refractivity contribution is 0.184. The van der Waals surface area contributed by atoms with E-state index < -0.39 is 0 Å². The number of hydrogen-bond donors (Lipinski definition) is 1.